The zero-order chi connectivity index (χ0) is 26.5. The molecule has 1 saturated carbocycles. The molecule has 4 rings (SSSR count). The largest absolute Gasteiger partial charge is 0.487 e. The topological polar surface area (TPSA) is 63.2 Å². The van der Waals surface area contributed by atoms with E-state index in [4.69, 9.17) is 23.7 Å². The predicted octanol–water partition coefficient (Wildman–Crippen LogP) is 5.58. The molecule has 37 heavy (non-hydrogen) atoms. The first-order valence-corrected chi connectivity index (χ1v) is 12.6. The summed E-state index contributed by atoms with van der Waals surface area (Å²) in [5, 5.41) is 0. The van der Waals surface area contributed by atoms with E-state index in [0.717, 1.165) is 44.8 Å². The number of benzene rings is 2. The second-order valence-electron chi connectivity index (χ2n) is 9.58. The Labute approximate surface area is 215 Å². The molecule has 1 aliphatic heterocycles. The molecule has 0 aromatic heterocycles. The van der Waals surface area contributed by atoms with Gasteiger partial charge in [0.1, 0.15) is 18.5 Å². The number of alkyl halides is 3. The third-order valence-electron chi connectivity index (χ3n) is 7.09. The highest BCUT2D eigenvalue weighted by atomic mass is 19.4. The van der Waals surface area contributed by atoms with Gasteiger partial charge in [-0.15, -0.1) is 0 Å². The summed E-state index contributed by atoms with van der Waals surface area (Å²) >= 11 is 0. The molecular weight excluding hydrogens is 489 g/mol. The van der Waals surface area contributed by atoms with Crippen molar-refractivity contribution in [1.82, 2.24) is 0 Å². The Balaban J connectivity index is 1.35. The minimum Gasteiger partial charge on any atom is -0.487 e. The molecule has 1 spiro atoms. The van der Waals surface area contributed by atoms with Gasteiger partial charge in [-0.1, -0.05) is 48.9 Å². The van der Waals surface area contributed by atoms with Crippen LogP contribution in [0.25, 0.3) is 0 Å². The lowest BCUT2D eigenvalue weighted by atomic mass is 9.79. The number of carbonyl (C=O) groups excluding carboxylic acids is 1. The van der Waals surface area contributed by atoms with Gasteiger partial charge in [-0.05, 0) is 43.9 Å². The van der Waals surface area contributed by atoms with Gasteiger partial charge < -0.3 is 23.7 Å². The van der Waals surface area contributed by atoms with Crippen LogP contribution in [0.3, 0.4) is 0 Å². The monoisotopic (exact) mass is 522 g/mol. The molecule has 0 radical (unpaired) electrons. The molecule has 3 atom stereocenters. The third kappa shape index (κ3) is 5.78. The average molecular weight is 523 g/mol. The first-order valence-electron chi connectivity index (χ1n) is 12.6. The van der Waals surface area contributed by atoms with Crippen molar-refractivity contribution >= 4 is 5.97 Å². The number of esters is 1. The molecular formula is C28H33F3O6. The van der Waals surface area contributed by atoms with Gasteiger partial charge in [0.25, 0.3) is 5.60 Å². The lowest BCUT2D eigenvalue weighted by Crippen LogP contribution is -2.52. The van der Waals surface area contributed by atoms with E-state index in [1.165, 1.54) is 24.3 Å². The molecule has 0 amide bonds. The number of hydrogen-bond acceptors (Lipinski definition) is 6. The SMILES string of the molecule is CO[C@](C(=O)OC[C@@H](C)Oc1ccc(CC2CCCCC23OCCO3)cc1)(c1ccccc1)C(F)(F)F. The van der Waals surface area contributed by atoms with Crippen LogP contribution in [0.15, 0.2) is 54.6 Å². The number of hydrogen-bond donors (Lipinski definition) is 0. The highest BCUT2D eigenvalue weighted by molar-refractivity contribution is 5.82. The molecule has 0 bridgehead atoms. The quantitative estimate of drug-likeness (QED) is 0.401. The van der Waals surface area contributed by atoms with Crippen molar-refractivity contribution < 1.29 is 41.7 Å². The van der Waals surface area contributed by atoms with Crippen LogP contribution in [0.4, 0.5) is 13.2 Å². The summed E-state index contributed by atoms with van der Waals surface area (Å²) in [5.74, 6) is -1.21. The molecule has 1 saturated heterocycles. The zero-order valence-electron chi connectivity index (χ0n) is 21.1. The fourth-order valence-corrected chi connectivity index (χ4v) is 5.23. The van der Waals surface area contributed by atoms with Crippen molar-refractivity contribution in [2.75, 3.05) is 26.9 Å². The Kier molecular flexibility index (Phi) is 8.46. The molecule has 2 aromatic rings. The van der Waals surface area contributed by atoms with Crippen molar-refractivity contribution in [2.45, 2.75) is 62.7 Å². The van der Waals surface area contributed by atoms with Gasteiger partial charge in [-0.2, -0.15) is 13.2 Å². The second kappa shape index (κ2) is 11.4. The number of carbonyl (C=O) groups is 1. The Hall–Kier alpha value is -2.62. The van der Waals surface area contributed by atoms with Crippen LogP contribution < -0.4 is 4.74 Å². The fraction of sp³-hybridized carbons (Fsp3) is 0.536. The van der Waals surface area contributed by atoms with E-state index in [-0.39, 0.29) is 18.1 Å². The van der Waals surface area contributed by atoms with Crippen molar-refractivity contribution in [3.8, 4) is 5.75 Å². The summed E-state index contributed by atoms with van der Waals surface area (Å²) < 4.78 is 69.6. The smallest absolute Gasteiger partial charge is 0.432 e. The highest BCUT2D eigenvalue weighted by Gasteiger charge is 2.64. The number of methoxy groups -OCH3 is 1. The van der Waals surface area contributed by atoms with E-state index >= 15 is 0 Å². The van der Waals surface area contributed by atoms with Crippen molar-refractivity contribution in [3.63, 3.8) is 0 Å². The predicted molar refractivity (Wildman–Crippen MR) is 129 cm³/mol. The summed E-state index contributed by atoms with van der Waals surface area (Å²) in [4.78, 5) is 12.7. The summed E-state index contributed by atoms with van der Waals surface area (Å²) in [7, 11) is 0.837. The Morgan fingerprint density at radius 1 is 1.05 bits per heavy atom. The van der Waals surface area contributed by atoms with Crippen LogP contribution in [0.5, 0.6) is 5.75 Å². The van der Waals surface area contributed by atoms with Gasteiger partial charge in [-0.25, -0.2) is 4.79 Å². The summed E-state index contributed by atoms with van der Waals surface area (Å²) in [5.41, 5.74) is -2.46. The maximum absolute atomic E-state index is 14.0. The van der Waals surface area contributed by atoms with E-state index < -0.39 is 29.6 Å². The number of ether oxygens (including phenoxy) is 5. The first kappa shape index (κ1) is 27.4. The molecule has 2 aromatic carbocycles. The molecule has 1 unspecified atom stereocenters. The van der Waals surface area contributed by atoms with Crippen LogP contribution in [0.2, 0.25) is 0 Å². The summed E-state index contributed by atoms with van der Waals surface area (Å²) in [6.45, 7) is 2.50. The zero-order valence-corrected chi connectivity index (χ0v) is 21.1. The van der Waals surface area contributed by atoms with Crippen LogP contribution >= 0.6 is 0 Å². The average Bonchev–Trinajstić information content (AvgIpc) is 3.35. The summed E-state index contributed by atoms with van der Waals surface area (Å²) in [6.07, 6.45) is -0.668. The standard InChI is InChI=1S/C28H33F3O6/c1-20(19-34-25(32)27(33-2,28(29,30)31)22-8-4-3-5-9-22)37-24-13-11-21(12-14-24)18-23-10-6-7-15-26(23)35-16-17-36-26/h3-5,8-9,11-14,20,23H,6-7,10,15-19H2,1-2H3/t20-,23?,27+/m1/s1. The second-order valence-corrected chi connectivity index (χ2v) is 9.58. The lowest BCUT2D eigenvalue weighted by molar-refractivity contribution is -0.276. The fourth-order valence-electron chi connectivity index (χ4n) is 5.23. The van der Waals surface area contributed by atoms with Gasteiger partial charge in [0.2, 0.25) is 0 Å². The molecule has 9 heteroatoms. The molecule has 202 valence electrons. The highest BCUT2D eigenvalue weighted by Crippen LogP contribution is 2.43. The Bertz CT molecular complexity index is 1020. The van der Waals surface area contributed by atoms with E-state index in [1.807, 2.05) is 12.1 Å². The maximum Gasteiger partial charge on any atom is 0.432 e. The normalized spacial score (nSPS) is 21.8. The minimum atomic E-state index is -5.02. The Morgan fingerprint density at radius 2 is 1.73 bits per heavy atom. The van der Waals surface area contributed by atoms with Gasteiger partial charge in [0.05, 0.1) is 13.2 Å². The molecule has 1 heterocycles. The van der Waals surface area contributed by atoms with Crippen LogP contribution in [0, 0.1) is 5.92 Å². The van der Waals surface area contributed by atoms with E-state index in [2.05, 4.69) is 0 Å². The van der Waals surface area contributed by atoms with E-state index in [0.29, 0.717) is 19.0 Å². The molecule has 6 nitrogen and oxygen atoms in total. The molecule has 2 fully saturated rings. The van der Waals surface area contributed by atoms with Crippen LogP contribution in [-0.4, -0.2) is 51.0 Å². The molecule has 0 N–H and O–H groups in total. The number of halogens is 3. The maximum atomic E-state index is 14.0. The van der Waals surface area contributed by atoms with E-state index in [9.17, 15) is 18.0 Å². The minimum absolute atomic E-state index is 0.285. The number of rotatable bonds is 9. The molecule has 2 aliphatic rings. The van der Waals surface area contributed by atoms with Crippen molar-refractivity contribution in [3.05, 3.63) is 65.7 Å². The van der Waals surface area contributed by atoms with Crippen molar-refractivity contribution in [2.24, 2.45) is 5.92 Å². The van der Waals surface area contributed by atoms with E-state index in [1.54, 1.807) is 25.1 Å². The van der Waals surface area contributed by atoms with Gasteiger partial charge >= 0.3 is 12.1 Å². The molecule has 1 aliphatic carbocycles. The first-order chi connectivity index (χ1) is 17.7. The Morgan fingerprint density at radius 3 is 2.35 bits per heavy atom. The van der Waals surface area contributed by atoms with Gasteiger partial charge in [0, 0.05) is 25.0 Å². The third-order valence-corrected chi connectivity index (χ3v) is 7.09. The summed E-state index contributed by atoms with van der Waals surface area (Å²) in [6, 6.07) is 14.2. The van der Waals surface area contributed by atoms with Crippen LogP contribution in [-0.2, 0) is 35.8 Å². The van der Waals surface area contributed by atoms with Crippen molar-refractivity contribution in [1.29, 1.82) is 0 Å². The lowest BCUT2D eigenvalue weighted by Gasteiger charge is -2.39. The van der Waals surface area contributed by atoms with Gasteiger partial charge in [-0.3, -0.25) is 0 Å². The van der Waals surface area contributed by atoms with Gasteiger partial charge in [0.15, 0.2) is 5.79 Å². The van der Waals surface area contributed by atoms with Crippen LogP contribution in [0.1, 0.15) is 43.7 Å².